The van der Waals surface area contributed by atoms with Crippen molar-refractivity contribution in [3.05, 3.63) is 63.3 Å². The Bertz CT molecular complexity index is 1220. The van der Waals surface area contributed by atoms with E-state index in [1.165, 1.54) is 40.9 Å². The molecular weight excluding hydrogens is 454 g/mol. The van der Waals surface area contributed by atoms with E-state index in [-0.39, 0.29) is 22.8 Å². The average molecular weight is 477 g/mol. The standard InChI is InChI=1S/C23H22F2N2O3S2/c1-3-10-27-21(29)19-16-9-4-13(2)11-18(16)32-20(19)26-23(27)31-12-17(28)14-5-7-15(8-6-14)30-22(24)25/h3,5-8,13,22H,1,4,9-12H2,2H3. The van der Waals surface area contributed by atoms with Crippen LogP contribution in [0, 0.1) is 5.92 Å². The molecule has 0 N–H and O–H groups in total. The lowest BCUT2D eigenvalue weighted by molar-refractivity contribution is -0.0498. The number of aromatic nitrogens is 2. The van der Waals surface area contributed by atoms with Gasteiger partial charge in [0.25, 0.3) is 5.56 Å². The Labute approximate surface area is 192 Å². The minimum Gasteiger partial charge on any atom is -0.435 e. The number of Topliss-reactive ketones (excluding diaryl/α,β-unsaturated/α-hetero) is 1. The van der Waals surface area contributed by atoms with E-state index in [0.29, 0.717) is 28.6 Å². The highest BCUT2D eigenvalue weighted by molar-refractivity contribution is 7.99. The van der Waals surface area contributed by atoms with Gasteiger partial charge in [0.05, 0.1) is 11.1 Å². The van der Waals surface area contributed by atoms with E-state index in [4.69, 9.17) is 4.98 Å². The zero-order valence-corrected chi connectivity index (χ0v) is 19.1. The Kier molecular flexibility index (Phi) is 6.76. The molecule has 2 aromatic heterocycles. The predicted octanol–water partition coefficient (Wildman–Crippen LogP) is 5.35. The molecule has 0 saturated carbocycles. The van der Waals surface area contributed by atoms with Crippen molar-refractivity contribution in [1.29, 1.82) is 0 Å². The smallest absolute Gasteiger partial charge is 0.387 e. The molecule has 0 amide bonds. The molecule has 168 valence electrons. The topological polar surface area (TPSA) is 61.2 Å². The number of rotatable bonds is 8. The van der Waals surface area contributed by atoms with Crippen LogP contribution in [0.15, 0.2) is 46.9 Å². The van der Waals surface area contributed by atoms with Crippen molar-refractivity contribution in [2.75, 3.05) is 5.75 Å². The fourth-order valence-corrected chi connectivity index (χ4v) is 6.17. The molecule has 3 aromatic rings. The summed E-state index contributed by atoms with van der Waals surface area (Å²) in [7, 11) is 0. The maximum Gasteiger partial charge on any atom is 0.387 e. The average Bonchev–Trinajstić information content (AvgIpc) is 3.11. The molecule has 0 saturated heterocycles. The summed E-state index contributed by atoms with van der Waals surface area (Å²) in [6.07, 6.45) is 4.55. The highest BCUT2D eigenvalue weighted by Crippen LogP contribution is 2.36. The van der Waals surface area contributed by atoms with Gasteiger partial charge in [0, 0.05) is 17.0 Å². The van der Waals surface area contributed by atoms with E-state index >= 15 is 0 Å². The van der Waals surface area contributed by atoms with Gasteiger partial charge in [-0.3, -0.25) is 14.2 Å². The molecule has 0 aliphatic heterocycles. The maximum absolute atomic E-state index is 13.3. The highest BCUT2D eigenvalue weighted by Gasteiger charge is 2.24. The van der Waals surface area contributed by atoms with Gasteiger partial charge in [-0.05, 0) is 55.0 Å². The lowest BCUT2D eigenvalue weighted by atomic mass is 9.89. The molecule has 1 atom stereocenters. The Balaban J connectivity index is 1.59. The van der Waals surface area contributed by atoms with E-state index in [1.54, 1.807) is 22.0 Å². The first kappa shape index (κ1) is 22.7. The van der Waals surface area contributed by atoms with Crippen LogP contribution >= 0.6 is 23.1 Å². The first-order valence-corrected chi connectivity index (χ1v) is 12.0. The van der Waals surface area contributed by atoms with Crippen molar-refractivity contribution >= 4 is 39.1 Å². The summed E-state index contributed by atoms with van der Waals surface area (Å²) in [6.45, 7) is 3.36. The highest BCUT2D eigenvalue weighted by atomic mass is 32.2. The molecule has 1 aliphatic carbocycles. The van der Waals surface area contributed by atoms with Gasteiger partial charge in [0.15, 0.2) is 10.9 Å². The molecule has 0 bridgehead atoms. The molecule has 0 spiro atoms. The van der Waals surface area contributed by atoms with E-state index in [0.717, 1.165) is 29.7 Å². The van der Waals surface area contributed by atoms with Crippen LogP contribution in [0.1, 0.15) is 34.1 Å². The van der Waals surface area contributed by atoms with Crippen LogP contribution in [-0.2, 0) is 19.4 Å². The van der Waals surface area contributed by atoms with Crippen molar-refractivity contribution in [3.63, 3.8) is 0 Å². The quantitative estimate of drug-likeness (QED) is 0.190. The lowest BCUT2D eigenvalue weighted by Crippen LogP contribution is -2.24. The number of carbonyl (C=O) groups excluding carboxylic acids is 1. The van der Waals surface area contributed by atoms with Crippen molar-refractivity contribution in [2.24, 2.45) is 5.92 Å². The summed E-state index contributed by atoms with van der Waals surface area (Å²) in [5.74, 6) is 0.450. The molecule has 0 radical (unpaired) electrons. The van der Waals surface area contributed by atoms with Gasteiger partial charge in [-0.15, -0.1) is 17.9 Å². The second kappa shape index (κ2) is 9.54. The first-order valence-electron chi connectivity index (χ1n) is 10.2. The third kappa shape index (κ3) is 4.63. The summed E-state index contributed by atoms with van der Waals surface area (Å²) in [5.41, 5.74) is 1.40. The number of aryl methyl sites for hydroxylation is 1. The van der Waals surface area contributed by atoms with Crippen LogP contribution < -0.4 is 10.3 Å². The van der Waals surface area contributed by atoms with Gasteiger partial charge in [0.1, 0.15) is 10.6 Å². The molecule has 0 fully saturated rings. The second-order valence-electron chi connectivity index (χ2n) is 7.75. The summed E-state index contributed by atoms with van der Waals surface area (Å²) in [4.78, 5) is 32.6. The SMILES string of the molecule is C=CCn1c(SCC(=O)c2ccc(OC(F)F)cc2)nc2sc3c(c2c1=O)CCC(C)C3. The van der Waals surface area contributed by atoms with Gasteiger partial charge in [0.2, 0.25) is 0 Å². The number of benzene rings is 1. The van der Waals surface area contributed by atoms with Crippen molar-refractivity contribution in [1.82, 2.24) is 9.55 Å². The van der Waals surface area contributed by atoms with Gasteiger partial charge >= 0.3 is 6.61 Å². The summed E-state index contributed by atoms with van der Waals surface area (Å²) >= 11 is 2.76. The van der Waals surface area contributed by atoms with Crippen LogP contribution in [0.25, 0.3) is 10.2 Å². The van der Waals surface area contributed by atoms with E-state index < -0.39 is 6.61 Å². The van der Waals surface area contributed by atoms with Gasteiger partial charge in [-0.25, -0.2) is 4.98 Å². The largest absolute Gasteiger partial charge is 0.435 e. The van der Waals surface area contributed by atoms with Crippen molar-refractivity contribution in [3.8, 4) is 5.75 Å². The Morgan fingerprint density at radius 3 is 2.84 bits per heavy atom. The molecule has 1 aromatic carbocycles. The molecule has 4 rings (SSSR count). The zero-order chi connectivity index (χ0) is 22.8. The number of thiophene rings is 1. The Hall–Kier alpha value is -2.52. The Morgan fingerprint density at radius 2 is 2.16 bits per heavy atom. The normalized spacial score (nSPS) is 15.7. The third-order valence-electron chi connectivity index (χ3n) is 5.43. The molecular formula is C23H22F2N2O3S2. The number of halogens is 2. The predicted molar refractivity (Wildman–Crippen MR) is 123 cm³/mol. The second-order valence-corrected chi connectivity index (χ2v) is 9.77. The Morgan fingerprint density at radius 1 is 1.41 bits per heavy atom. The molecule has 1 unspecified atom stereocenters. The van der Waals surface area contributed by atoms with E-state index in [9.17, 15) is 18.4 Å². The van der Waals surface area contributed by atoms with Gasteiger partial charge in [-0.2, -0.15) is 8.78 Å². The summed E-state index contributed by atoms with van der Waals surface area (Å²) < 4.78 is 30.5. The van der Waals surface area contributed by atoms with Crippen molar-refractivity contribution in [2.45, 2.75) is 44.5 Å². The fourth-order valence-electron chi connectivity index (χ4n) is 3.84. The maximum atomic E-state index is 13.3. The lowest BCUT2D eigenvalue weighted by Gasteiger charge is -2.17. The number of ketones is 1. The van der Waals surface area contributed by atoms with Crippen molar-refractivity contribution < 1.29 is 18.3 Å². The van der Waals surface area contributed by atoms with E-state index in [2.05, 4.69) is 18.2 Å². The molecule has 1 aliphatic rings. The molecule has 32 heavy (non-hydrogen) atoms. The van der Waals surface area contributed by atoms with Crippen LogP contribution in [-0.4, -0.2) is 27.7 Å². The number of ether oxygens (including phenoxy) is 1. The van der Waals surface area contributed by atoms with Gasteiger partial charge < -0.3 is 4.74 Å². The number of hydrogen-bond donors (Lipinski definition) is 0. The van der Waals surface area contributed by atoms with Crippen LogP contribution in [0.2, 0.25) is 0 Å². The van der Waals surface area contributed by atoms with Gasteiger partial charge in [-0.1, -0.05) is 24.8 Å². The fraction of sp³-hybridized carbons (Fsp3) is 0.348. The summed E-state index contributed by atoms with van der Waals surface area (Å²) in [5, 5.41) is 1.17. The first-order chi connectivity index (χ1) is 15.4. The summed E-state index contributed by atoms with van der Waals surface area (Å²) in [6, 6.07) is 5.56. The number of nitrogens with zero attached hydrogens (tertiary/aromatic N) is 2. The molecule has 2 heterocycles. The monoisotopic (exact) mass is 476 g/mol. The van der Waals surface area contributed by atoms with Crippen LogP contribution in [0.5, 0.6) is 5.75 Å². The molecule has 5 nitrogen and oxygen atoms in total. The number of allylic oxidation sites excluding steroid dienone is 1. The number of carbonyl (C=O) groups is 1. The van der Waals surface area contributed by atoms with Crippen LogP contribution in [0.3, 0.4) is 0 Å². The van der Waals surface area contributed by atoms with E-state index in [1.807, 2.05) is 0 Å². The minimum atomic E-state index is -2.92. The number of hydrogen-bond acceptors (Lipinski definition) is 6. The third-order valence-corrected chi connectivity index (χ3v) is 7.55. The minimum absolute atomic E-state index is 0.00729. The van der Waals surface area contributed by atoms with Crippen LogP contribution in [0.4, 0.5) is 8.78 Å². The number of alkyl halides is 2. The number of fused-ring (bicyclic) bond motifs is 3. The zero-order valence-electron chi connectivity index (χ0n) is 17.5. The molecule has 9 heteroatoms. The number of thioether (sulfide) groups is 1.